The molecule has 6 nitrogen and oxygen atoms in total. The standard InChI is InChI=1S/C23H25FN2O4S/c1-15-5-6-17-12-18(23(27)25-22(17)16(15)2)13-26(14-20-4-3-11-30-20)31(28,29)21-9-7-19(24)8-10-21/h5-10,12,20H,3-4,11,13-14H2,1-2H3,(H,25,27). The van der Waals surface area contributed by atoms with Crippen molar-refractivity contribution < 1.29 is 17.5 Å². The lowest BCUT2D eigenvalue weighted by Crippen LogP contribution is -2.38. The van der Waals surface area contributed by atoms with Crippen molar-refractivity contribution in [3.63, 3.8) is 0 Å². The molecule has 0 spiro atoms. The summed E-state index contributed by atoms with van der Waals surface area (Å²) in [4.78, 5) is 15.7. The average Bonchev–Trinajstić information content (AvgIpc) is 3.25. The van der Waals surface area contributed by atoms with Gasteiger partial charge < -0.3 is 9.72 Å². The highest BCUT2D eigenvalue weighted by Gasteiger charge is 2.30. The van der Waals surface area contributed by atoms with Crippen molar-refractivity contribution in [2.24, 2.45) is 0 Å². The molecule has 0 aliphatic carbocycles. The molecule has 8 heteroatoms. The molecule has 2 aromatic carbocycles. The first kappa shape index (κ1) is 21.7. The van der Waals surface area contributed by atoms with Crippen LogP contribution in [0.3, 0.4) is 0 Å². The first-order valence-corrected chi connectivity index (χ1v) is 11.7. The maximum Gasteiger partial charge on any atom is 0.252 e. The fraction of sp³-hybridized carbons (Fsp3) is 0.348. The maximum atomic E-state index is 13.3. The molecule has 164 valence electrons. The minimum absolute atomic E-state index is 0.0180. The number of aryl methyl sites for hydroxylation is 2. The van der Waals surface area contributed by atoms with Crippen LogP contribution in [-0.4, -0.2) is 37.0 Å². The highest BCUT2D eigenvalue weighted by Crippen LogP contribution is 2.24. The molecule has 3 aromatic rings. The van der Waals surface area contributed by atoms with Gasteiger partial charge in [0.25, 0.3) is 5.56 Å². The van der Waals surface area contributed by atoms with Crippen LogP contribution in [0.15, 0.2) is 52.2 Å². The number of sulfonamides is 1. The van der Waals surface area contributed by atoms with Crippen LogP contribution >= 0.6 is 0 Å². The quantitative estimate of drug-likeness (QED) is 0.629. The minimum Gasteiger partial charge on any atom is -0.377 e. The lowest BCUT2D eigenvalue weighted by atomic mass is 10.0. The molecular formula is C23H25FN2O4S. The third-order valence-corrected chi connectivity index (χ3v) is 7.68. The summed E-state index contributed by atoms with van der Waals surface area (Å²) in [6.07, 6.45) is 1.38. The van der Waals surface area contributed by atoms with E-state index in [2.05, 4.69) is 4.98 Å². The number of rotatable bonds is 6. The van der Waals surface area contributed by atoms with Crippen LogP contribution in [0.5, 0.6) is 0 Å². The van der Waals surface area contributed by atoms with E-state index in [1.807, 2.05) is 26.0 Å². The number of H-pyrrole nitrogens is 1. The third-order valence-electron chi connectivity index (χ3n) is 5.86. The maximum absolute atomic E-state index is 13.3. The zero-order valence-corrected chi connectivity index (χ0v) is 18.3. The second-order valence-electron chi connectivity index (χ2n) is 7.98. The molecule has 0 saturated carbocycles. The van der Waals surface area contributed by atoms with Crippen molar-refractivity contribution in [2.75, 3.05) is 13.2 Å². The Morgan fingerprint density at radius 2 is 1.90 bits per heavy atom. The van der Waals surface area contributed by atoms with Crippen LogP contribution in [0.1, 0.15) is 29.5 Å². The number of aromatic nitrogens is 1. The molecule has 1 aliphatic heterocycles. The van der Waals surface area contributed by atoms with E-state index in [-0.39, 0.29) is 29.6 Å². The number of nitrogens with one attached hydrogen (secondary N) is 1. The molecule has 1 saturated heterocycles. The van der Waals surface area contributed by atoms with E-state index in [9.17, 15) is 17.6 Å². The predicted molar refractivity (Wildman–Crippen MR) is 117 cm³/mol. The SMILES string of the molecule is Cc1ccc2cc(CN(CC3CCCO3)S(=O)(=O)c3ccc(F)cc3)c(=O)[nH]c2c1C. The van der Waals surface area contributed by atoms with Gasteiger partial charge in [-0.2, -0.15) is 4.31 Å². The summed E-state index contributed by atoms with van der Waals surface area (Å²) in [6.45, 7) is 4.53. The van der Waals surface area contributed by atoms with Gasteiger partial charge in [0, 0.05) is 25.3 Å². The van der Waals surface area contributed by atoms with Gasteiger partial charge in [-0.25, -0.2) is 12.8 Å². The Bertz CT molecular complexity index is 1260. The fourth-order valence-corrected chi connectivity index (χ4v) is 5.35. The number of ether oxygens (including phenoxy) is 1. The van der Waals surface area contributed by atoms with Gasteiger partial charge in [-0.15, -0.1) is 0 Å². The Morgan fingerprint density at radius 1 is 1.16 bits per heavy atom. The predicted octanol–water partition coefficient (Wildman–Crippen LogP) is 3.65. The first-order valence-electron chi connectivity index (χ1n) is 10.2. The smallest absolute Gasteiger partial charge is 0.252 e. The van der Waals surface area contributed by atoms with Gasteiger partial charge in [0.05, 0.1) is 16.5 Å². The van der Waals surface area contributed by atoms with Crippen LogP contribution in [0, 0.1) is 19.7 Å². The molecule has 1 unspecified atom stereocenters. The zero-order valence-electron chi connectivity index (χ0n) is 17.5. The van der Waals surface area contributed by atoms with Gasteiger partial charge in [-0.3, -0.25) is 4.79 Å². The van der Waals surface area contributed by atoms with E-state index in [0.29, 0.717) is 12.2 Å². The van der Waals surface area contributed by atoms with Crippen LogP contribution in [0.4, 0.5) is 4.39 Å². The minimum atomic E-state index is -3.95. The molecule has 0 radical (unpaired) electrons. The number of aromatic amines is 1. The fourth-order valence-electron chi connectivity index (χ4n) is 3.90. The molecule has 1 aliphatic rings. The van der Waals surface area contributed by atoms with E-state index < -0.39 is 15.8 Å². The molecule has 2 heterocycles. The number of hydrogen-bond acceptors (Lipinski definition) is 4. The summed E-state index contributed by atoms with van der Waals surface area (Å²) in [5.41, 5.74) is 2.82. The summed E-state index contributed by atoms with van der Waals surface area (Å²) in [6, 6.07) is 10.3. The van der Waals surface area contributed by atoms with Crippen LogP contribution in [0.25, 0.3) is 10.9 Å². The van der Waals surface area contributed by atoms with E-state index in [4.69, 9.17) is 4.74 Å². The second-order valence-corrected chi connectivity index (χ2v) is 9.92. The molecule has 0 bridgehead atoms. The number of benzene rings is 2. The lowest BCUT2D eigenvalue weighted by molar-refractivity contribution is 0.0925. The highest BCUT2D eigenvalue weighted by molar-refractivity contribution is 7.89. The van der Waals surface area contributed by atoms with Gasteiger partial charge in [0.15, 0.2) is 0 Å². The van der Waals surface area contributed by atoms with Crippen molar-refractivity contribution in [3.8, 4) is 0 Å². The topological polar surface area (TPSA) is 79.5 Å². The summed E-state index contributed by atoms with van der Waals surface area (Å²) < 4.78 is 46.9. The summed E-state index contributed by atoms with van der Waals surface area (Å²) in [5, 5.41) is 0.842. The van der Waals surface area contributed by atoms with Gasteiger partial charge in [0.2, 0.25) is 10.0 Å². The Kier molecular flexibility index (Phi) is 5.96. The number of pyridine rings is 1. The zero-order chi connectivity index (χ0) is 22.2. The van der Waals surface area contributed by atoms with Crippen LogP contribution < -0.4 is 5.56 Å². The Labute approximate surface area is 180 Å². The van der Waals surface area contributed by atoms with Crippen molar-refractivity contribution >= 4 is 20.9 Å². The average molecular weight is 445 g/mol. The molecule has 1 N–H and O–H groups in total. The number of fused-ring (bicyclic) bond motifs is 1. The number of hydrogen-bond donors (Lipinski definition) is 1. The molecule has 4 rings (SSSR count). The van der Waals surface area contributed by atoms with Crippen LogP contribution in [-0.2, 0) is 21.3 Å². The summed E-state index contributed by atoms with van der Waals surface area (Å²) in [7, 11) is -3.95. The van der Waals surface area contributed by atoms with Gasteiger partial charge in [0.1, 0.15) is 5.82 Å². The Hall–Kier alpha value is -2.55. The first-order chi connectivity index (χ1) is 14.8. The van der Waals surface area contributed by atoms with Gasteiger partial charge >= 0.3 is 0 Å². The monoisotopic (exact) mass is 444 g/mol. The second kappa shape index (κ2) is 8.53. The van der Waals surface area contributed by atoms with Crippen LogP contribution in [0.2, 0.25) is 0 Å². The molecule has 0 amide bonds. The normalized spacial score (nSPS) is 17.0. The largest absolute Gasteiger partial charge is 0.377 e. The third kappa shape index (κ3) is 4.42. The number of nitrogens with zero attached hydrogens (tertiary/aromatic N) is 1. The van der Waals surface area contributed by atoms with E-state index in [1.54, 1.807) is 6.07 Å². The Morgan fingerprint density at radius 3 is 2.58 bits per heavy atom. The molecule has 1 aromatic heterocycles. The molecular weight excluding hydrogens is 419 g/mol. The van der Waals surface area contributed by atoms with Crippen molar-refractivity contribution in [1.29, 1.82) is 0 Å². The Balaban J connectivity index is 1.74. The van der Waals surface area contributed by atoms with Crippen molar-refractivity contribution in [1.82, 2.24) is 9.29 Å². The van der Waals surface area contributed by atoms with E-state index in [1.165, 1.54) is 16.4 Å². The summed E-state index contributed by atoms with van der Waals surface area (Å²) in [5.74, 6) is -0.513. The highest BCUT2D eigenvalue weighted by atomic mass is 32.2. The van der Waals surface area contributed by atoms with Crippen molar-refractivity contribution in [3.05, 3.63) is 75.3 Å². The molecule has 1 atom stereocenters. The van der Waals surface area contributed by atoms with E-state index in [0.717, 1.165) is 47.0 Å². The molecule has 1 fully saturated rings. The van der Waals surface area contributed by atoms with Gasteiger partial charge in [-0.05, 0) is 73.5 Å². The van der Waals surface area contributed by atoms with E-state index >= 15 is 0 Å². The molecule has 31 heavy (non-hydrogen) atoms. The summed E-state index contributed by atoms with van der Waals surface area (Å²) >= 11 is 0. The van der Waals surface area contributed by atoms with Crippen molar-refractivity contribution in [2.45, 2.75) is 44.2 Å². The number of halogens is 1. The van der Waals surface area contributed by atoms with Gasteiger partial charge in [-0.1, -0.05) is 12.1 Å². The lowest BCUT2D eigenvalue weighted by Gasteiger charge is -2.25.